The van der Waals surface area contributed by atoms with Gasteiger partial charge >= 0.3 is 6.09 Å². The van der Waals surface area contributed by atoms with Crippen molar-refractivity contribution in [1.29, 1.82) is 0 Å². The zero-order valence-corrected chi connectivity index (χ0v) is 12.3. The minimum absolute atomic E-state index is 0.244. The first kappa shape index (κ1) is 14.0. The lowest BCUT2D eigenvalue weighted by Crippen LogP contribution is -2.53. The number of nitrogens with zero attached hydrogens (tertiary/aromatic N) is 1. The van der Waals surface area contributed by atoms with Crippen molar-refractivity contribution in [2.24, 2.45) is 11.8 Å². The molecule has 1 aliphatic carbocycles. The second-order valence-corrected chi connectivity index (χ2v) is 8.01. The molecule has 0 radical (unpaired) electrons. The maximum Gasteiger partial charge on any atom is 0.410 e. The molecular weight excluding hydrogens is 250 g/mol. The Morgan fingerprint density at radius 3 is 2.33 bits per heavy atom. The number of rotatable bonds is 4. The predicted octanol–water partition coefficient (Wildman–Crippen LogP) is 2.01. The lowest BCUT2D eigenvalue weighted by Gasteiger charge is -2.39. The van der Waals surface area contributed by atoms with Crippen LogP contribution in [0.3, 0.4) is 0 Å². The minimum atomic E-state index is -0.692. The molecule has 1 atom stereocenters. The molecular formula is C13H23NO3S. The molecule has 2 aliphatic rings. The van der Waals surface area contributed by atoms with E-state index < -0.39 is 16.8 Å². The molecule has 0 N–H and O–H groups in total. The smallest absolute Gasteiger partial charge is 0.410 e. The number of hydrogen-bond donors (Lipinski definition) is 0. The Morgan fingerprint density at radius 2 is 1.83 bits per heavy atom. The Hall–Kier alpha value is -0.420. The van der Waals surface area contributed by atoms with Gasteiger partial charge in [-0.25, -0.2) is 4.79 Å². The van der Waals surface area contributed by atoms with E-state index in [0.717, 1.165) is 11.5 Å². The number of hydrogen-bond acceptors (Lipinski definition) is 3. The summed E-state index contributed by atoms with van der Waals surface area (Å²) in [6, 6.07) is 0. The lowest BCUT2D eigenvalue weighted by atomic mass is 10.0. The standard InChI is InChI=1S/C13H23NO3S/c1-13(2,3)17-12(15)14-6-11(7-14)9-18(16)8-10-4-5-10/h10-11H,4-9H2,1-3H3. The molecule has 1 saturated heterocycles. The molecule has 1 aliphatic heterocycles. The van der Waals surface area contributed by atoms with E-state index in [1.54, 1.807) is 4.90 Å². The van der Waals surface area contributed by atoms with Crippen LogP contribution in [0.25, 0.3) is 0 Å². The van der Waals surface area contributed by atoms with Crippen molar-refractivity contribution in [3.8, 4) is 0 Å². The molecule has 0 spiro atoms. The summed E-state index contributed by atoms with van der Waals surface area (Å²) in [6.45, 7) is 7.00. The van der Waals surface area contributed by atoms with E-state index in [2.05, 4.69) is 0 Å². The highest BCUT2D eigenvalue weighted by molar-refractivity contribution is 7.91. The third-order valence-corrected chi connectivity index (χ3v) is 4.84. The van der Waals surface area contributed by atoms with Crippen LogP contribution in [0.2, 0.25) is 0 Å². The van der Waals surface area contributed by atoms with Gasteiger partial charge in [-0.1, -0.05) is 11.2 Å². The first-order valence-electron chi connectivity index (χ1n) is 6.66. The summed E-state index contributed by atoms with van der Waals surface area (Å²) in [5, 5.41) is 0. The average molecular weight is 273 g/mol. The molecule has 2 rings (SSSR count). The van der Waals surface area contributed by atoms with Crippen LogP contribution in [0.5, 0.6) is 0 Å². The molecule has 18 heavy (non-hydrogen) atoms. The highest BCUT2D eigenvalue weighted by atomic mass is 32.2. The summed E-state index contributed by atoms with van der Waals surface area (Å²) in [5.41, 5.74) is -0.434. The van der Waals surface area contributed by atoms with Gasteiger partial charge in [0.2, 0.25) is 0 Å². The van der Waals surface area contributed by atoms with Crippen molar-refractivity contribution in [3.63, 3.8) is 0 Å². The van der Waals surface area contributed by atoms with Crippen LogP contribution in [0.1, 0.15) is 33.6 Å². The van der Waals surface area contributed by atoms with Gasteiger partial charge in [-0.15, -0.1) is 0 Å². The summed E-state index contributed by atoms with van der Waals surface area (Å²) in [5.74, 6) is 2.73. The third-order valence-electron chi connectivity index (χ3n) is 3.15. The molecule has 0 aromatic carbocycles. The van der Waals surface area contributed by atoms with Gasteiger partial charge in [-0.2, -0.15) is 0 Å². The fraction of sp³-hybridized carbons (Fsp3) is 0.923. The van der Waals surface area contributed by atoms with E-state index in [-0.39, 0.29) is 6.09 Å². The van der Waals surface area contributed by atoms with E-state index in [1.165, 1.54) is 12.8 Å². The monoisotopic (exact) mass is 273 g/mol. The van der Waals surface area contributed by atoms with Gasteiger partial charge in [0.25, 0.3) is 0 Å². The molecule has 1 unspecified atom stereocenters. The van der Waals surface area contributed by atoms with Crippen molar-refractivity contribution in [3.05, 3.63) is 0 Å². The maximum absolute atomic E-state index is 11.8. The van der Waals surface area contributed by atoms with Crippen molar-refractivity contribution in [2.75, 3.05) is 24.6 Å². The average Bonchev–Trinajstić information content (AvgIpc) is 2.90. The van der Waals surface area contributed by atoms with Crippen molar-refractivity contribution >= 4 is 17.3 Å². The second-order valence-electron chi connectivity index (χ2n) is 6.47. The van der Waals surface area contributed by atoms with Crippen LogP contribution < -0.4 is 0 Å². The van der Waals surface area contributed by atoms with Crippen molar-refractivity contribution in [1.82, 2.24) is 4.90 Å². The summed E-state index contributed by atoms with van der Waals surface area (Å²) >= 11 is -0.692. The Labute approximate surface area is 112 Å². The molecule has 104 valence electrons. The third kappa shape index (κ3) is 4.35. The van der Waals surface area contributed by atoms with Crippen LogP contribution >= 0.6 is 0 Å². The van der Waals surface area contributed by atoms with E-state index in [1.807, 2.05) is 20.8 Å². The largest absolute Gasteiger partial charge is 0.616 e. The van der Waals surface area contributed by atoms with E-state index in [9.17, 15) is 9.35 Å². The van der Waals surface area contributed by atoms with Gasteiger partial charge in [0.1, 0.15) is 17.1 Å². The number of carbonyl (C=O) groups is 1. The minimum Gasteiger partial charge on any atom is -0.616 e. The van der Waals surface area contributed by atoms with E-state index >= 15 is 0 Å². The second kappa shape index (κ2) is 5.29. The Morgan fingerprint density at radius 1 is 1.28 bits per heavy atom. The number of amides is 1. The molecule has 0 aromatic heterocycles. The van der Waals surface area contributed by atoms with Crippen LogP contribution in [0, 0.1) is 11.8 Å². The Kier molecular flexibility index (Phi) is 4.11. The fourth-order valence-corrected chi connectivity index (χ4v) is 3.76. The predicted molar refractivity (Wildman–Crippen MR) is 71.9 cm³/mol. The zero-order chi connectivity index (χ0) is 13.3. The highest BCUT2D eigenvalue weighted by Gasteiger charge is 2.37. The van der Waals surface area contributed by atoms with Gasteiger partial charge in [-0.3, -0.25) is 0 Å². The van der Waals surface area contributed by atoms with E-state index in [4.69, 9.17) is 4.74 Å². The van der Waals surface area contributed by atoms with Gasteiger partial charge in [0.05, 0.1) is 0 Å². The van der Waals surface area contributed by atoms with Crippen molar-refractivity contribution in [2.45, 2.75) is 39.2 Å². The SMILES string of the molecule is CC(C)(C)OC(=O)N1CC(C[S+]([O-])CC2CC2)C1. The van der Waals surface area contributed by atoms with Crippen LogP contribution in [0.15, 0.2) is 0 Å². The zero-order valence-electron chi connectivity index (χ0n) is 11.5. The normalized spacial score (nSPS) is 22.6. The fourth-order valence-electron chi connectivity index (χ4n) is 2.03. The van der Waals surface area contributed by atoms with E-state index in [0.29, 0.717) is 24.9 Å². The highest BCUT2D eigenvalue weighted by Crippen LogP contribution is 2.31. The number of likely N-dealkylation sites (tertiary alicyclic amines) is 1. The Balaban J connectivity index is 1.62. The van der Waals surface area contributed by atoms with Gasteiger partial charge in [-0.05, 0) is 33.6 Å². The topological polar surface area (TPSA) is 52.6 Å². The van der Waals surface area contributed by atoms with Gasteiger partial charge in [0.15, 0.2) is 0 Å². The molecule has 4 nitrogen and oxygen atoms in total. The van der Waals surface area contributed by atoms with Crippen LogP contribution in [0.4, 0.5) is 4.79 Å². The molecule has 1 saturated carbocycles. The molecule has 1 heterocycles. The van der Waals surface area contributed by atoms with Crippen LogP contribution in [-0.4, -0.2) is 45.7 Å². The quantitative estimate of drug-likeness (QED) is 0.736. The lowest BCUT2D eigenvalue weighted by molar-refractivity contribution is 0.00192. The molecule has 0 bridgehead atoms. The summed E-state index contributed by atoms with van der Waals surface area (Å²) < 4.78 is 17.1. The Bertz CT molecular complexity index is 306. The molecule has 2 fully saturated rings. The summed E-state index contributed by atoms with van der Waals surface area (Å²) in [6.07, 6.45) is 2.26. The molecule has 1 amide bonds. The van der Waals surface area contributed by atoms with Crippen molar-refractivity contribution < 1.29 is 14.1 Å². The number of ether oxygens (including phenoxy) is 1. The molecule has 0 aromatic rings. The summed E-state index contributed by atoms with van der Waals surface area (Å²) in [7, 11) is 0. The maximum atomic E-state index is 11.8. The molecule has 5 heteroatoms. The van der Waals surface area contributed by atoms with Gasteiger partial charge in [0, 0.05) is 24.9 Å². The van der Waals surface area contributed by atoms with Crippen LogP contribution in [-0.2, 0) is 15.9 Å². The first-order valence-corrected chi connectivity index (χ1v) is 8.15. The first-order chi connectivity index (χ1) is 8.33. The van der Waals surface area contributed by atoms with Gasteiger partial charge < -0.3 is 14.2 Å². The summed E-state index contributed by atoms with van der Waals surface area (Å²) in [4.78, 5) is 13.4. The number of carbonyl (C=O) groups excluding carboxylic acids is 1.